The van der Waals surface area contributed by atoms with Gasteiger partial charge in [0.25, 0.3) is 11.8 Å². The maximum absolute atomic E-state index is 11.9. The fraction of sp³-hybridized carbons (Fsp3) is 0.211. The molecule has 2 aromatic rings. The van der Waals surface area contributed by atoms with Crippen LogP contribution in [-0.2, 0) is 21.4 Å². The minimum Gasteiger partial charge on any atom is -0.493 e. The summed E-state index contributed by atoms with van der Waals surface area (Å²) >= 11 is 0. The number of imide groups is 1. The van der Waals surface area contributed by atoms with Gasteiger partial charge in [0.15, 0.2) is 18.1 Å². The molecule has 1 heterocycles. The summed E-state index contributed by atoms with van der Waals surface area (Å²) in [6.07, 6.45) is 4.32. The molecular weight excluding hydrogens is 352 g/mol. The molecule has 2 rings (SSSR count). The topological polar surface area (TPSA) is 95.9 Å². The van der Waals surface area contributed by atoms with Crippen molar-refractivity contribution < 1.29 is 28.6 Å². The Kier molecular flexibility index (Phi) is 6.76. The van der Waals surface area contributed by atoms with Crippen molar-refractivity contribution in [2.75, 3.05) is 20.8 Å². The SMILES string of the molecule is COc1cccc(/C=C/C(=O)OCC(=O)NC(=O)c2cccn2C)c1OC. The summed E-state index contributed by atoms with van der Waals surface area (Å²) in [5, 5.41) is 2.15. The summed E-state index contributed by atoms with van der Waals surface area (Å²) in [4.78, 5) is 35.4. The van der Waals surface area contributed by atoms with Crippen molar-refractivity contribution in [3.8, 4) is 11.5 Å². The number of nitrogens with zero attached hydrogens (tertiary/aromatic N) is 1. The predicted octanol–water partition coefficient (Wildman–Crippen LogP) is 1.56. The van der Waals surface area contributed by atoms with Gasteiger partial charge in [0.2, 0.25) is 0 Å². The van der Waals surface area contributed by atoms with Gasteiger partial charge in [0.05, 0.1) is 14.2 Å². The summed E-state index contributed by atoms with van der Waals surface area (Å²) in [6.45, 7) is -0.575. The Bertz CT molecular complexity index is 869. The molecule has 1 aromatic carbocycles. The molecule has 8 nitrogen and oxygen atoms in total. The Morgan fingerprint density at radius 3 is 2.52 bits per heavy atom. The molecule has 0 fully saturated rings. The van der Waals surface area contributed by atoms with E-state index in [-0.39, 0.29) is 0 Å². The van der Waals surface area contributed by atoms with Crippen LogP contribution in [0.15, 0.2) is 42.6 Å². The molecule has 0 saturated carbocycles. The third-order valence-corrected chi connectivity index (χ3v) is 3.61. The summed E-state index contributed by atoms with van der Waals surface area (Å²) in [7, 11) is 4.67. The molecule has 8 heteroatoms. The van der Waals surface area contributed by atoms with Gasteiger partial charge in [0, 0.05) is 24.9 Å². The zero-order valence-corrected chi connectivity index (χ0v) is 15.2. The van der Waals surface area contributed by atoms with Gasteiger partial charge in [0.1, 0.15) is 5.69 Å². The fourth-order valence-electron chi connectivity index (χ4n) is 2.31. The first kappa shape index (κ1) is 19.8. The average Bonchev–Trinajstić information content (AvgIpc) is 3.10. The van der Waals surface area contributed by atoms with Gasteiger partial charge in [-0.25, -0.2) is 4.79 Å². The maximum atomic E-state index is 11.9. The minimum atomic E-state index is -0.735. The molecule has 1 aromatic heterocycles. The van der Waals surface area contributed by atoms with Crippen LogP contribution in [0.4, 0.5) is 0 Å². The first-order valence-corrected chi connectivity index (χ1v) is 7.97. The van der Waals surface area contributed by atoms with Gasteiger partial charge in [-0.15, -0.1) is 0 Å². The first-order chi connectivity index (χ1) is 13.0. The minimum absolute atomic E-state index is 0.319. The van der Waals surface area contributed by atoms with Crippen LogP contribution in [0, 0.1) is 0 Å². The third kappa shape index (κ3) is 5.21. The van der Waals surface area contributed by atoms with E-state index in [1.807, 2.05) is 0 Å². The van der Waals surface area contributed by atoms with Gasteiger partial charge < -0.3 is 18.8 Å². The molecule has 0 spiro atoms. The van der Waals surface area contributed by atoms with E-state index in [1.165, 1.54) is 20.3 Å². The van der Waals surface area contributed by atoms with Crippen LogP contribution in [0.3, 0.4) is 0 Å². The quantitative estimate of drug-likeness (QED) is 0.585. The highest BCUT2D eigenvalue weighted by molar-refractivity contribution is 6.04. The van der Waals surface area contributed by atoms with E-state index in [1.54, 1.807) is 48.1 Å². The number of benzene rings is 1. The van der Waals surface area contributed by atoms with Crippen molar-refractivity contribution >= 4 is 23.9 Å². The lowest BCUT2D eigenvalue weighted by molar-refractivity contribution is -0.143. The lowest BCUT2D eigenvalue weighted by Crippen LogP contribution is -2.34. The highest BCUT2D eigenvalue weighted by Gasteiger charge is 2.14. The van der Waals surface area contributed by atoms with E-state index >= 15 is 0 Å². The van der Waals surface area contributed by atoms with Crippen molar-refractivity contribution in [2.45, 2.75) is 0 Å². The summed E-state index contributed by atoms with van der Waals surface area (Å²) in [6, 6.07) is 8.45. The summed E-state index contributed by atoms with van der Waals surface area (Å²) < 4.78 is 16.8. The second kappa shape index (κ2) is 9.23. The molecule has 0 bridgehead atoms. The first-order valence-electron chi connectivity index (χ1n) is 7.97. The second-order valence-corrected chi connectivity index (χ2v) is 5.41. The van der Waals surface area contributed by atoms with Gasteiger partial charge in [-0.2, -0.15) is 0 Å². The Balaban J connectivity index is 1.89. The molecule has 0 atom stereocenters. The van der Waals surface area contributed by atoms with Gasteiger partial charge >= 0.3 is 5.97 Å². The van der Waals surface area contributed by atoms with Crippen LogP contribution >= 0.6 is 0 Å². The molecule has 0 aliphatic carbocycles. The lowest BCUT2D eigenvalue weighted by atomic mass is 10.1. The van der Waals surface area contributed by atoms with E-state index in [0.29, 0.717) is 22.8 Å². The van der Waals surface area contributed by atoms with Crippen molar-refractivity contribution in [3.05, 3.63) is 53.9 Å². The van der Waals surface area contributed by atoms with Crippen molar-refractivity contribution in [3.63, 3.8) is 0 Å². The number of rotatable bonds is 7. The molecule has 0 saturated heterocycles. The van der Waals surface area contributed by atoms with Crippen LogP contribution < -0.4 is 14.8 Å². The number of carbonyl (C=O) groups excluding carboxylic acids is 3. The average molecular weight is 372 g/mol. The number of hydrogen-bond donors (Lipinski definition) is 1. The van der Waals surface area contributed by atoms with E-state index in [0.717, 1.165) is 6.08 Å². The largest absolute Gasteiger partial charge is 0.493 e. The van der Waals surface area contributed by atoms with Crippen molar-refractivity contribution in [1.29, 1.82) is 0 Å². The van der Waals surface area contributed by atoms with E-state index in [9.17, 15) is 14.4 Å². The molecule has 27 heavy (non-hydrogen) atoms. The van der Waals surface area contributed by atoms with Crippen molar-refractivity contribution in [1.82, 2.24) is 9.88 Å². The molecule has 2 amide bonds. The van der Waals surface area contributed by atoms with Crippen LogP contribution in [0.2, 0.25) is 0 Å². The number of para-hydroxylation sites is 1. The zero-order chi connectivity index (χ0) is 19.8. The Labute approximate surface area is 156 Å². The number of nitrogens with one attached hydrogen (secondary N) is 1. The number of methoxy groups -OCH3 is 2. The lowest BCUT2D eigenvalue weighted by Gasteiger charge is -2.09. The van der Waals surface area contributed by atoms with Crippen LogP contribution in [0.5, 0.6) is 11.5 Å². The monoisotopic (exact) mass is 372 g/mol. The Hall–Kier alpha value is -3.55. The number of aromatic nitrogens is 1. The normalized spacial score (nSPS) is 10.5. The zero-order valence-electron chi connectivity index (χ0n) is 15.2. The van der Waals surface area contributed by atoms with Gasteiger partial charge in [-0.1, -0.05) is 12.1 Å². The van der Waals surface area contributed by atoms with E-state index in [4.69, 9.17) is 14.2 Å². The number of amides is 2. The summed E-state index contributed by atoms with van der Waals surface area (Å²) in [5.41, 5.74) is 0.928. The second-order valence-electron chi connectivity index (χ2n) is 5.41. The molecule has 0 radical (unpaired) electrons. The predicted molar refractivity (Wildman–Crippen MR) is 97.4 cm³/mol. The van der Waals surface area contributed by atoms with Crippen LogP contribution in [0.25, 0.3) is 6.08 Å². The van der Waals surface area contributed by atoms with Gasteiger partial charge in [-0.3, -0.25) is 14.9 Å². The number of carbonyl (C=O) groups is 3. The highest BCUT2D eigenvalue weighted by Crippen LogP contribution is 2.31. The standard InChI is InChI=1S/C19H20N2O6/c1-21-11-5-7-14(21)19(24)20-16(22)12-27-17(23)10-9-13-6-4-8-15(25-2)18(13)26-3/h4-11H,12H2,1-3H3,(H,20,22,24)/b10-9+. The van der Waals surface area contributed by atoms with E-state index < -0.39 is 24.4 Å². The maximum Gasteiger partial charge on any atom is 0.331 e. The van der Waals surface area contributed by atoms with Gasteiger partial charge in [-0.05, 0) is 24.3 Å². The Morgan fingerprint density at radius 2 is 1.89 bits per heavy atom. The van der Waals surface area contributed by atoms with E-state index in [2.05, 4.69) is 5.32 Å². The highest BCUT2D eigenvalue weighted by atomic mass is 16.5. The number of aryl methyl sites for hydroxylation is 1. The molecule has 0 unspecified atom stereocenters. The number of ether oxygens (including phenoxy) is 3. The number of hydrogen-bond acceptors (Lipinski definition) is 6. The fourth-order valence-corrected chi connectivity index (χ4v) is 2.31. The molecule has 1 N–H and O–H groups in total. The van der Waals surface area contributed by atoms with Crippen LogP contribution in [0.1, 0.15) is 16.1 Å². The molecule has 0 aliphatic rings. The number of esters is 1. The third-order valence-electron chi connectivity index (χ3n) is 3.61. The molecule has 142 valence electrons. The van der Waals surface area contributed by atoms with Crippen LogP contribution in [-0.4, -0.2) is 43.2 Å². The molecule has 0 aliphatic heterocycles. The smallest absolute Gasteiger partial charge is 0.331 e. The molecular formula is C19H20N2O6. The Morgan fingerprint density at radius 1 is 1.11 bits per heavy atom. The van der Waals surface area contributed by atoms with Crippen molar-refractivity contribution in [2.24, 2.45) is 7.05 Å². The summed E-state index contributed by atoms with van der Waals surface area (Å²) in [5.74, 6) is -1.04.